The molecule has 3 saturated heterocycles. The first-order valence-electron chi connectivity index (χ1n) is 19.7. The van der Waals surface area contributed by atoms with Crippen LogP contribution in [0.5, 0.6) is 0 Å². The standard InChI is InChI=1S/C23H36N4O7.C9H11N3O2.C7H8.C2H6/c1-15(2)24-21(31)17-6-3-4-10-26(17)22(32)19-12-16(29)13-27(19)20(30)8-11-34-23(33)18-7-5-9-25(18)14-28;10-8(13)6-11-9(14)12-7-4-2-1-3-5-7;1-7-5-3-2-4-6-7;1-2/h14-19,29H,3-13H2,1-2H3,(H,24,31);1-5H,6H2,(H2,10,13)(H2,11,12,14);2-6H,1H3;1-2H3. The summed E-state index contributed by atoms with van der Waals surface area (Å²) in [6.45, 7) is 10.4. The number of piperidine rings is 1. The highest BCUT2D eigenvalue weighted by atomic mass is 16.5. The van der Waals surface area contributed by atoms with Crippen molar-refractivity contribution in [2.75, 3.05) is 38.1 Å². The number of nitrogens with two attached hydrogens (primary N) is 1. The summed E-state index contributed by atoms with van der Waals surface area (Å²) in [4.78, 5) is 87.9. The molecule has 0 aliphatic carbocycles. The number of benzene rings is 2. The molecule has 3 heterocycles. The summed E-state index contributed by atoms with van der Waals surface area (Å²) in [6, 6.07) is 16.6. The van der Waals surface area contributed by atoms with Crippen molar-refractivity contribution in [2.45, 2.75) is 110 Å². The molecule has 0 saturated carbocycles. The predicted octanol–water partition coefficient (Wildman–Crippen LogP) is 2.72. The van der Waals surface area contributed by atoms with Crippen LogP contribution in [0.25, 0.3) is 0 Å². The number of aliphatic hydroxyl groups is 1. The Labute approximate surface area is 335 Å². The van der Waals surface area contributed by atoms with Crippen molar-refractivity contribution in [2.24, 2.45) is 5.73 Å². The number of amides is 7. The molecule has 0 spiro atoms. The quantitative estimate of drug-likeness (QED) is 0.167. The molecule has 16 nitrogen and oxygen atoms in total. The maximum atomic E-state index is 13.4. The highest BCUT2D eigenvalue weighted by molar-refractivity contribution is 5.93. The molecule has 3 aliphatic heterocycles. The Hall–Kier alpha value is -5.51. The summed E-state index contributed by atoms with van der Waals surface area (Å²) in [5, 5.41) is 17.9. The second-order valence-electron chi connectivity index (χ2n) is 13.9. The molecule has 3 fully saturated rings. The molecule has 0 radical (unpaired) electrons. The summed E-state index contributed by atoms with van der Waals surface area (Å²) in [5.41, 5.74) is 6.84. The molecule has 314 valence electrons. The number of nitrogens with zero attached hydrogens (tertiary/aromatic N) is 3. The first kappa shape index (κ1) is 47.6. The fraction of sp³-hybridized carbons (Fsp3) is 0.537. The van der Waals surface area contributed by atoms with E-state index in [-0.39, 0.29) is 50.4 Å². The second-order valence-corrected chi connectivity index (χ2v) is 13.9. The molecule has 7 amide bonds. The van der Waals surface area contributed by atoms with Crippen LogP contribution in [0, 0.1) is 6.92 Å². The van der Waals surface area contributed by atoms with Gasteiger partial charge >= 0.3 is 12.0 Å². The Morgan fingerprint density at radius 3 is 2.09 bits per heavy atom. The molecule has 2 aromatic carbocycles. The number of urea groups is 1. The number of anilines is 1. The highest BCUT2D eigenvalue weighted by Gasteiger charge is 2.44. The van der Waals surface area contributed by atoms with Crippen molar-refractivity contribution < 1.29 is 43.4 Å². The number of likely N-dealkylation sites (tertiary alicyclic amines) is 3. The number of rotatable bonds is 11. The number of esters is 1. The smallest absolute Gasteiger partial charge is 0.328 e. The van der Waals surface area contributed by atoms with Gasteiger partial charge in [0.05, 0.1) is 19.1 Å². The van der Waals surface area contributed by atoms with E-state index in [1.165, 1.54) is 15.4 Å². The van der Waals surface area contributed by atoms with Gasteiger partial charge in [0.2, 0.25) is 30.0 Å². The number of aliphatic hydroxyl groups excluding tert-OH is 1. The minimum absolute atomic E-state index is 0.0153. The van der Waals surface area contributed by atoms with Crippen LogP contribution in [-0.4, -0.2) is 125 Å². The van der Waals surface area contributed by atoms with Gasteiger partial charge in [-0.2, -0.15) is 0 Å². The average molecular weight is 796 g/mol. The summed E-state index contributed by atoms with van der Waals surface area (Å²) in [7, 11) is 0. The van der Waals surface area contributed by atoms with Crippen LogP contribution >= 0.6 is 0 Å². The lowest BCUT2D eigenvalue weighted by molar-refractivity contribution is -0.153. The Morgan fingerprint density at radius 2 is 1.51 bits per heavy atom. The van der Waals surface area contributed by atoms with Gasteiger partial charge in [-0.15, -0.1) is 0 Å². The fourth-order valence-corrected chi connectivity index (χ4v) is 6.41. The minimum atomic E-state index is -0.856. The van der Waals surface area contributed by atoms with Crippen LogP contribution < -0.4 is 21.7 Å². The van der Waals surface area contributed by atoms with E-state index in [9.17, 15) is 38.7 Å². The lowest BCUT2D eigenvalue weighted by Crippen LogP contribution is -2.57. The molecular formula is C41H61N7O9. The number of carbonyl (C=O) groups excluding carboxylic acids is 7. The monoisotopic (exact) mass is 795 g/mol. The fourth-order valence-electron chi connectivity index (χ4n) is 6.41. The number of hydrogen-bond donors (Lipinski definition) is 5. The third-order valence-electron chi connectivity index (χ3n) is 9.06. The van der Waals surface area contributed by atoms with Crippen LogP contribution in [0.4, 0.5) is 10.5 Å². The molecule has 6 N–H and O–H groups in total. The van der Waals surface area contributed by atoms with Crippen LogP contribution in [0.15, 0.2) is 60.7 Å². The molecule has 5 rings (SSSR count). The van der Waals surface area contributed by atoms with Crippen molar-refractivity contribution in [3.05, 3.63) is 66.2 Å². The zero-order valence-corrected chi connectivity index (χ0v) is 33.9. The Morgan fingerprint density at radius 1 is 0.877 bits per heavy atom. The van der Waals surface area contributed by atoms with Crippen LogP contribution in [0.1, 0.15) is 78.2 Å². The van der Waals surface area contributed by atoms with Crippen molar-refractivity contribution in [3.63, 3.8) is 0 Å². The summed E-state index contributed by atoms with van der Waals surface area (Å²) in [6.07, 6.45) is 3.18. The van der Waals surface area contributed by atoms with Crippen molar-refractivity contribution in [3.8, 4) is 0 Å². The zero-order chi connectivity index (χ0) is 42.3. The van der Waals surface area contributed by atoms with Gasteiger partial charge in [0, 0.05) is 37.8 Å². The second kappa shape index (κ2) is 25.6. The highest BCUT2D eigenvalue weighted by Crippen LogP contribution is 2.26. The summed E-state index contributed by atoms with van der Waals surface area (Å²) < 4.78 is 5.21. The minimum Gasteiger partial charge on any atom is -0.464 e. The number of nitrogens with one attached hydrogen (secondary N) is 3. The maximum absolute atomic E-state index is 13.4. The number of para-hydroxylation sites is 1. The van der Waals surface area contributed by atoms with E-state index < -0.39 is 48.0 Å². The average Bonchev–Trinajstić information content (AvgIpc) is 3.85. The Balaban J connectivity index is 0.000000396. The molecule has 57 heavy (non-hydrogen) atoms. The van der Waals surface area contributed by atoms with E-state index in [2.05, 4.69) is 35.0 Å². The molecule has 16 heteroatoms. The number of ether oxygens (including phenoxy) is 1. The van der Waals surface area contributed by atoms with Gasteiger partial charge in [-0.05, 0) is 65.0 Å². The molecule has 3 aliphatic rings. The van der Waals surface area contributed by atoms with E-state index in [1.807, 2.05) is 52.0 Å². The van der Waals surface area contributed by atoms with Gasteiger partial charge in [-0.3, -0.25) is 24.0 Å². The van der Waals surface area contributed by atoms with Crippen LogP contribution in [0.3, 0.4) is 0 Å². The molecule has 0 aromatic heterocycles. The largest absolute Gasteiger partial charge is 0.464 e. The van der Waals surface area contributed by atoms with E-state index in [4.69, 9.17) is 10.5 Å². The van der Waals surface area contributed by atoms with Crippen molar-refractivity contribution in [1.82, 2.24) is 25.3 Å². The summed E-state index contributed by atoms with van der Waals surface area (Å²) >= 11 is 0. The van der Waals surface area contributed by atoms with Gasteiger partial charge in [-0.1, -0.05) is 67.9 Å². The van der Waals surface area contributed by atoms with Gasteiger partial charge in [0.15, 0.2) is 0 Å². The molecule has 2 aromatic rings. The van der Waals surface area contributed by atoms with Crippen LogP contribution in [-0.2, 0) is 33.5 Å². The normalized spacial score (nSPS) is 19.6. The third kappa shape index (κ3) is 16.6. The number of primary amides is 1. The van der Waals surface area contributed by atoms with E-state index >= 15 is 0 Å². The van der Waals surface area contributed by atoms with E-state index in [0.717, 1.165) is 19.3 Å². The van der Waals surface area contributed by atoms with E-state index in [1.54, 1.807) is 29.2 Å². The van der Waals surface area contributed by atoms with Crippen LogP contribution in [0.2, 0.25) is 0 Å². The van der Waals surface area contributed by atoms with Gasteiger partial charge in [0.1, 0.15) is 24.7 Å². The first-order valence-corrected chi connectivity index (χ1v) is 19.7. The lowest BCUT2D eigenvalue weighted by Gasteiger charge is -2.38. The molecule has 4 atom stereocenters. The molecular weight excluding hydrogens is 734 g/mol. The number of aryl methyl sites for hydroxylation is 1. The Bertz CT molecular complexity index is 1580. The number of carbonyl (C=O) groups is 7. The summed E-state index contributed by atoms with van der Waals surface area (Å²) in [5.74, 6) is -2.06. The third-order valence-corrected chi connectivity index (χ3v) is 9.06. The van der Waals surface area contributed by atoms with Crippen molar-refractivity contribution in [1.29, 1.82) is 0 Å². The first-order chi connectivity index (χ1) is 27.3. The Kier molecular flexibility index (Phi) is 21.4. The topological polar surface area (TPSA) is 221 Å². The predicted molar refractivity (Wildman–Crippen MR) is 215 cm³/mol. The molecule has 4 unspecified atom stereocenters. The zero-order valence-electron chi connectivity index (χ0n) is 33.9. The van der Waals surface area contributed by atoms with Gasteiger partial charge in [-0.25, -0.2) is 9.59 Å². The SMILES string of the molecule is CC.CC(C)NC(=O)C1CCCCN1C(=O)C1CC(O)CN1C(=O)CCOC(=O)C1CCCN1C=O.Cc1ccccc1.NC(=O)CNC(=O)Nc1ccccc1. The van der Waals surface area contributed by atoms with Crippen molar-refractivity contribution >= 4 is 47.7 Å². The maximum Gasteiger partial charge on any atom is 0.328 e. The molecule has 0 bridgehead atoms. The number of hydrogen-bond acceptors (Lipinski definition) is 9. The lowest BCUT2D eigenvalue weighted by atomic mass is 9.99. The van der Waals surface area contributed by atoms with E-state index in [0.29, 0.717) is 38.0 Å². The van der Waals surface area contributed by atoms with Gasteiger partial charge in [0.25, 0.3) is 0 Å². The van der Waals surface area contributed by atoms with Gasteiger partial charge < -0.3 is 46.2 Å². The number of β-amino-alcohol motifs (C(OH)–C–C–N with tert-alkyl or cyclic N) is 1.